The summed E-state index contributed by atoms with van der Waals surface area (Å²) in [5.74, 6) is -1.39. The Kier molecular flexibility index (Phi) is 8.95. The summed E-state index contributed by atoms with van der Waals surface area (Å²) < 4.78 is 10.6. The van der Waals surface area contributed by atoms with Gasteiger partial charge in [-0.2, -0.15) is 0 Å². The fourth-order valence-corrected chi connectivity index (χ4v) is 3.69. The van der Waals surface area contributed by atoms with Gasteiger partial charge in [0.05, 0.1) is 25.3 Å². The largest absolute Gasteiger partial charge is 0.466 e. The van der Waals surface area contributed by atoms with E-state index in [4.69, 9.17) is 14.5 Å². The predicted molar refractivity (Wildman–Crippen MR) is 129 cm³/mol. The number of rotatable bonds is 10. The maximum absolute atomic E-state index is 13.2. The molecule has 5 heteroatoms. The highest BCUT2D eigenvalue weighted by Crippen LogP contribution is 2.29. The van der Waals surface area contributed by atoms with Crippen LogP contribution < -0.4 is 0 Å². The molecular formula is C28H29NO4. The van der Waals surface area contributed by atoms with Gasteiger partial charge < -0.3 is 9.47 Å². The summed E-state index contributed by atoms with van der Waals surface area (Å²) >= 11 is 0. The zero-order chi connectivity index (χ0) is 23.5. The highest BCUT2D eigenvalue weighted by Gasteiger charge is 2.33. The van der Waals surface area contributed by atoms with E-state index in [0.717, 1.165) is 16.7 Å². The molecule has 0 spiro atoms. The molecule has 170 valence electrons. The number of hydrogen-bond acceptors (Lipinski definition) is 5. The van der Waals surface area contributed by atoms with E-state index in [-0.39, 0.29) is 25.6 Å². The Balaban J connectivity index is 2.16. The van der Waals surface area contributed by atoms with Crippen molar-refractivity contribution < 1.29 is 19.1 Å². The molecule has 3 aromatic carbocycles. The molecule has 0 aliphatic heterocycles. The van der Waals surface area contributed by atoms with Crippen LogP contribution in [0.2, 0.25) is 0 Å². The summed E-state index contributed by atoms with van der Waals surface area (Å²) in [6.45, 7) is 4.01. The van der Waals surface area contributed by atoms with Gasteiger partial charge in [-0.25, -0.2) is 4.79 Å². The Morgan fingerprint density at radius 2 is 1.21 bits per heavy atom. The van der Waals surface area contributed by atoms with E-state index < -0.39 is 17.9 Å². The second-order valence-corrected chi connectivity index (χ2v) is 7.43. The standard InChI is InChI=1S/C28H29NO4/c1-3-32-25(30)20-24(21-14-8-5-9-15-21)27(28(31)33-4-2)29-26(22-16-10-6-11-17-22)23-18-12-7-13-19-23/h5-19,24,27H,3-4,20H2,1-2H3/t24?,27-/m0/s1. The van der Waals surface area contributed by atoms with Gasteiger partial charge in [-0.15, -0.1) is 0 Å². The summed E-state index contributed by atoms with van der Waals surface area (Å²) in [5.41, 5.74) is 3.24. The minimum absolute atomic E-state index is 0.0156. The molecule has 0 heterocycles. The van der Waals surface area contributed by atoms with Crippen molar-refractivity contribution in [1.29, 1.82) is 0 Å². The van der Waals surface area contributed by atoms with Gasteiger partial charge >= 0.3 is 11.9 Å². The maximum Gasteiger partial charge on any atom is 0.331 e. The van der Waals surface area contributed by atoms with E-state index in [1.54, 1.807) is 13.8 Å². The number of aliphatic imine (C=N–C) groups is 1. The van der Waals surface area contributed by atoms with Gasteiger partial charge in [-0.1, -0.05) is 91.0 Å². The first-order valence-electron chi connectivity index (χ1n) is 11.2. The molecule has 33 heavy (non-hydrogen) atoms. The monoisotopic (exact) mass is 443 g/mol. The van der Waals surface area contributed by atoms with Crippen LogP contribution in [0.15, 0.2) is 96.0 Å². The van der Waals surface area contributed by atoms with Crippen molar-refractivity contribution in [2.24, 2.45) is 4.99 Å². The molecule has 0 aromatic heterocycles. The lowest BCUT2D eigenvalue weighted by Crippen LogP contribution is -2.32. The van der Waals surface area contributed by atoms with Crippen molar-refractivity contribution in [1.82, 2.24) is 0 Å². The van der Waals surface area contributed by atoms with Crippen molar-refractivity contribution >= 4 is 17.7 Å². The summed E-state index contributed by atoms with van der Waals surface area (Å²) in [6, 6.07) is 27.9. The Morgan fingerprint density at radius 1 is 0.727 bits per heavy atom. The lowest BCUT2D eigenvalue weighted by Gasteiger charge is -2.24. The molecule has 0 saturated heterocycles. The lowest BCUT2D eigenvalue weighted by atomic mass is 9.88. The highest BCUT2D eigenvalue weighted by atomic mass is 16.5. The van der Waals surface area contributed by atoms with Gasteiger partial charge in [0.25, 0.3) is 0 Å². The number of hydrogen-bond donors (Lipinski definition) is 0. The van der Waals surface area contributed by atoms with Crippen molar-refractivity contribution in [2.45, 2.75) is 32.2 Å². The van der Waals surface area contributed by atoms with Crippen LogP contribution in [0, 0.1) is 0 Å². The van der Waals surface area contributed by atoms with Crippen LogP contribution in [0.5, 0.6) is 0 Å². The third-order valence-electron chi connectivity index (χ3n) is 5.19. The first kappa shape index (κ1) is 23.9. The number of benzene rings is 3. The SMILES string of the molecule is CCOC(=O)CC(c1ccccc1)[C@H](N=C(c1ccccc1)c1ccccc1)C(=O)OCC. The number of carbonyl (C=O) groups is 2. The van der Waals surface area contributed by atoms with Gasteiger partial charge in [-0.05, 0) is 19.4 Å². The van der Waals surface area contributed by atoms with Crippen LogP contribution in [0.25, 0.3) is 0 Å². The Morgan fingerprint density at radius 3 is 1.70 bits per heavy atom. The molecule has 1 unspecified atom stereocenters. The smallest absolute Gasteiger partial charge is 0.331 e. The molecule has 0 N–H and O–H groups in total. The van der Waals surface area contributed by atoms with Gasteiger partial charge in [0.2, 0.25) is 0 Å². The number of esters is 2. The van der Waals surface area contributed by atoms with Gasteiger partial charge in [0, 0.05) is 17.0 Å². The Hall–Kier alpha value is -3.73. The number of carbonyl (C=O) groups excluding carboxylic acids is 2. The van der Waals surface area contributed by atoms with Crippen LogP contribution >= 0.6 is 0 Å². The fraction of sp³-hybridized carbons (Fsp3) is 0.250. The number of nitrogens with zero attached hydrogens (tertiary/aromatic N) is 1. The van der Waals surface area contributed by atoms with Crippen LogP contribution in [0.4, 0.5) is 0 Å². The Bertz CT molecular complexity index is 1010. The predicted octanol–water partition coefficient (Wildman–Crippen LogP) is 5.19. The molecule has 0 fully saturated rings. The lowest BCUT2D eigenvalue weighted by molar-refractivity contribution is -0.146. The van der Waals surface area contributed by atoms with Crippen LogP contribution in [-0.2, 0) is 19.1 Å². The average Bonchev–Trinajstić information content (AvgIpc) is 2.85. The molecule has 3 rings (SSSR count). The van der Waals surface area contributed by atoms with Crippen LogP contribution in [0.1, 0.15) is 42.9 Å². The van der Waals surface area contributed by atoms with E-state index in [1.165, 1.54) is 0 Å². The molecule has 0 amide bonds. The second kappa shape index (κ2) is 12.3. The van der Waals surface area contributed by atoms with Crippen molar-refractivity contribution in [3.05, 3.63) is 108 Å². The molecule has 0 aliphatic rings. The minimum Gasteiger partial charge on any atom is -0.466 e. The fourth-order valence-electron chi connectivity index (χ4n) is 3.69. The van der Waals surface area contributed by atoms with E-state index in [0.29, 0.717) is 5.71 Å². The minimum atomic E-state index is -0.924. The topological polar surface area (TPSA) is 65.0 Å². The molecule has 2 atom stereocenters. The normalized spacial score (nSPS) is 12.3. The Labute approximate surface area is 195 Å². The zero-order valence-electron chi connectivity index (χ0n) is 19.0. The van der Waals surface area contributed by atoms with E-state index >= 15 is 0 Å². The van der Waals surface area contributed by atoms with Crippen molar-refractivity contribution in [2.75, 3.05) is 13.2 Å². The summed E-state index contributed by atoms with van der Waals surface area (Å²) in [7, 11) is 0. The van der Waals surface area contributed by atoms with Gasteiger partial charge in [0.1, 0.15) is 0 Å². The van der Waals surface area contributed by atoms with E-state index in [2.05, 4.69) is 0 Å². The van der Waals surface area contributed by atoms with E-state index in [1.807, 2.05) is 91.0 Å². The summed E-state index contributed by atoms with van der Waals surface area (Å²) in [4.78, 5) is 30.7. The van der Waals surface area contributed by atoms with Crippen molar-refractivity contribution in [3.8, 4) is 0 Å². The third kappa shape index (κ3) is 6.62. The summed E-state index contributed by atoms with van der Waals surface area (Å²) in [5, 5.41) is 0. The molecular weight excluding hydrogens is 414 g/mol. The van der Waals surface area contributed by atoms with Crippen LogP contribution in [0.3, 0.4) is 0 Å². The molecule has 5 nitrogen and oxygen atoms in total. The van der Waals surface area contributed by atoms with Crippen molar-refractivity contribution in [3.63, 3.8) is 0 Å². The second-order valence-electron chi connectivity index (χ2n) is 7.43. The van der Waals surface area contributed by atoms with Crippen LogP contribution in [-0.4, -0.2) is 36.9 Å². The molecule has 0 bridgehead atoms. The third-order valence-corrected chi connectivity index (χ3v) is 5.19. The first-order chi connectivity index (χ1) is 16.1. The van der Waals surface area contributed by atoms with Gasteiger partial charge in [0.15, 0.2) is 6.04 Å². The first-order valence-corrected chi connectivity index (χ1v) is 11.2. The maximum atomic E-state index is 13.2. The molecule has 0 saturated carbocycles. The quantitative estimate of drug-likeness (QED) is 0.319. The molecule has 0 aliphatic carbocycles. The summed E-state index contributed by atoms with van der Waals surface area (Å²) in [6.07, 6.45) is 0.0156. The van der Waals surface area contributed by atoms with E-state index in [9.17, 15) is 9.59 Å². The molecule has 3 aromatic rings. The zero-order valence-corrected chi connectivity index (χ0v) is 19.0. The highest BCUT2D eigenvalue weighted by molar-refractivity contribution is 6.13. The average molecular weight is 444 g/mol. The van der Waals surface area contributed by atoms with Gasteiger partial charge in [-0.3, -0.25) is 9.79 Å². The molecule has 0 radical (unpaired) electrons. The number of ether oxygens (including phenoxy) is 2.